The Kier molecular flexibility index (Phi) is 12.2. The van der Waals surface area contributed by atoms with Crippen LogP contribution in [0.1, 0.15) is 40.5 Å². The lowest BCUT2D eigenvalue weighted by Crippen LogP contribution is -1.87. The van der Waals surface area contributed by atoms with Crippen molar-refractivity contribution >= 4 is 0 Å². The highest BCUT2D eigenvalue weighted by atomic mass is 16.5. The Labute approximate surface area is 95.5 Å². The van der Waals surface area contributed by atoms with Gasteiger partial charge in [-0.2, -0.15) is 0 Å². The molecular weight excluding hydrogens is 184 g/mol. The van der Waals surface area contributed by atoms with E-state index in [0.717, 1.165) is 17.9 Å². The van der Waals surface area contributed by atoms with Crippen LogP contribution >= 0.6 is 0 Å². The Morgan fingerprint density at radius 2 is 1.73 bits per heavy atom. The number of ether oxygens (including phenoxy) is 1. The fourth-order valence-corrected chi connectivity index (χ4v) is 0.836. The van der Waals surface area contributed by atoms with Gasteiger partial charge in [0.2, 0.25) is 0 Å². The third kappa shape index (κ3) is 13.0. The van der Waals surface area contributed by atoms with Gasteiger partial charge in [0.25, 0.3) is 0 Å². The summed E-state index contributed by atoms with van der Waals surface area (Å²) in [5, 5.41) is 0. The van der Waals surface area contributed by atoms with Gasteiger partial charge in [-0.25, -0.2) is 0 Å². The fourth-order valence-electron chi connectivity index (χ4n) is 0.836. The maximum atomic E-state index is 4.90. The van der Waals surface area contributed by atoms with Crippen LogP contribution < -0.4 is 0 Å². The van der Waals surface area contributed by atoms with Gasteiger partial charge < -0.3 is 4.74 Å². The molecule has 1 nitrogen and oxygen atoms in total. The Morgan fingerprint density at radius 3 is 2.13 bits per heavy atom. The quantitative estimate of drug-likeness (QED) is 0.455. The van der Waals surface area contributed by atoms with Crippen molar-refractivity contribution in [3.8, 4) is 0 Å². The van der Waals surface area contributed by atoms with Crippen molar-refractivity contribution in [2.75, 3.05) is 7.11 Å². The molecule has 0 spiro atoms. The molecule has 0 aliphatic rings. The van der Waals surface area contributed by atoms with E-state index >= 15 is 0 Å². The minimum absolute atomic E-state index is 0.672. The van der Waals surface area contributed by atoms with Crippen LogP contribution in [0.3, 0.4) is 0 Å². The minimum Gasteiger partial charge on any atom is -0.497 e. The molecule has 0 heterocycles. The highest BCUT2D eigenvalue weighted by Gasteiger charge is 1.94. The second-order valence-electron chi connectivity index (χ2n) is 3.59. The SMILES string of the molecule is C=C(/C=C\C(=C)OC)CCC(C)C.CC. The summed E-state index contributed by atoms with van der Waals surface area (Å²) in [5.41, 5.74) is 1.13. The van der Waals surface area contributed by atoms with Gasteiger partial charge >= 0.3 is 0 Å². The van der Waals surface area contributed by atoms with E-state index in [2.05, 4.69) is 27.0 Å². The summed E-state index contributed by atoms with van der Waals surface area (Å²) in [6.07, 6.45) is 6.05. The monoisotopic (exact) mass is 210 g/mol. The van der Waals surface area contributed by atoms with Crippen molar-refractivity contribution < 1.29 is 4.74 Å². The molecule has 1 heteroatoms. The second kappa shape index (κ2) is 11.1. The van der Waals surface area contributed by atoms with Crippen LogP contribution in [0.4, 0.5) is 0 Å². The van der Waals surface area contributed by atoms with Crippen LogP contribution in [0.25, 0.3) is 0 Å². The van der Waals surface area contributed by atoms with Crippen LogP contribution in [0.2, 0.25) is 0 Å². The van der Waals surface area contributed by atoms with Gasteiger partial charge in [0.05, 0.1) is 7.11 Å². The molecule has 0 atom stereocenters. The summed E-state index contributed by atoms with van der Waals surface area (Å²) in [4.78, 5) is 0. The van der Waals surface area contributed by atoms with E-state index in [1.54, 1.807) is 7.11 Å². The van der Waals surface area contributed by atoms with Crippen LogP contribution in [0.5, 0.6) is 0 Å². The molecule has 0 unspecified atom stereocenters. The lowest BCUT2D eigenvalue weighted by molar-refractivity contribution is 0.309. The van der Waals surface area contributed by atoms with Crippen molar-refractivity contribution in [2.24, 2.45) is 5.92 Å². The number of rotatable bonds is 6. The van der Waals surface area contributed by atoms with E-state index in [0.29, 0.717) is 5.76 Å². The molecule has 0 aromatic heterocycles. The Morgan fingerprint density at radius 1 is 1.20 bits per heavy atom. The first-order chi connectivity index (χ1) is 7.06. The van der Waals surface area contributed by atoms with Crippen molar-refractivity contribution in [3.63, 3.8) is 0 Å². The number of hydrogen-bond acceptors (Lipinski definition) is 1. The van der Waals surface area contributed by atoms with Crippen molar-refractivity contribution in [3.05, 3.63) is 36.6 Å². The number of methoxy groups -OCH3 is 1. The normalized spacial score (nSPS) is 9.73. The summed E-state index contributed by atoms with van der Waals surface area (Å²) in [6, 6.07) is 0. The summed E-state index contributed by atoms with van der Waals surface area (Å²) in [5.74, 6) is 1.40. The van der Waals surface area contributed by atoms with Gasteiger partial charge in [-0.3, -0.25) is 0 Å². The Balaban J connectivity index is 0. The molecule has 0 aliphatic carbocycles. The zero-order chi connectivity index (χ0) is 12.3. The van der Waals surface area contributed by atoms with Crippen LogP contribution in [0, 0.1) is 5.92 Å². The number of hydrogen-bond donors (Lipinski definition) is 0. The molecule has 0 amide bonds. The third-order valence-corrected chi connectivity index (χ3v) is 1.81. The lowest BCUT2D eigenvalue weighted by Gasteiger charge is -2.03. The van der Waals surface area contributed by atoms with E-state index in [-0.39, 0.29) is 0 Å². The van der Waals surface area contributed by atoms with Crippen molar-refractivity contribution in [1.29, 1.82) is 0 Å². The standard InChI is InChI=1S/C12H20O.C2H6/c1-10(2)6-7-11(3)8-9-12(4)13-5;1-2/h8-10H,3-4,6-7H2,1-2,5H3;1-2H3/b9-8-;. The maximum absolute atomic E-state index is 4.90. The average molecular weight is 210 g/mol. The van der Waals surface area contributed by atoms with E-state index in [9.17, 15) is 0 Å². The van der Waals surface area contributed by atoms with Gasteiger partial charge in [-0.15, -0.1) is 0 Å². The molecule has 0 radical (unpaired) electrons. The average Bonchev–Trinajstić information content (AvgIpc) is 2.25. The first-order valence-electron chi connectivity index (χ1n) is 5.65. The molecule has 0 fully saturated rings. The summed E-state index contributed by atoms with van der Waals surface area (Å²) >= 11 is 0. The highest BCUT2D eigenvalue weighted by molar-refractivity contribution is 5.20. The van der Waals surface area contributed by atoms with Crippen LogP contribution in [0.15, 0.2) is 36.6 Å². The predicted octanol–water partition coefficient (Wildman–Crippen LogP) is 4.72. The molecule has 0 aromatic rings. The predicted molar refractivity (Wildman–Crippen MR) is 69.8 cm³/mol. The summed E-state index contributed by atoms with van der Waals surface area (Å²) in [6.45, 7) is 16.1. The van der Waals surface area contributed by atoms with Gasteiger partial charge in [0.15, 0.2) is 0 Å². The number of allylic oxidation sites excluding steroid dienone is 3. The molecule has 0 rings (SSSR count). The molecule has 0 aliphatic heterocycles. The molecular formula is C14H26O. The third-order valence-electron chi connectivity index (χ3n) is 1.81. The van der Waals surface area contributed by atoms with Crippen LogP contribution in [-0.4, -0.2) is 7.11 Å². The first-order valence-corrected chi connectivity index (χ1v) is 5.65. The largest absolute Gasteiger partial charge is 0.497 e. The molecule has 88 valence electrons. The maximum Gasteiger partial charge on any atom is 0.111 e. The fraction of sp³-hybridized carbons (Fsp3) is 0.571. The van der Waals surface area contributed by atoms with Gasteiger partial charge in [-0.1, -0.05) is 52.5 Å². The smallest absolute Gasteiger partial charge is 0.111 e. The molecule has 0 bridgehead atoms. The zero-order valence-electron chi connectivity index (χ0n) is 11.0. The lowest BCUT2D eigenvalue weighted by atomic mass is 10.0. The van der Waals surface area contributed by atoms with Crippen LogP contribution in [-0.2, 0) is 4.74 Å². The summed E-state index contributed by atoms with van der Waals surface area (Å²) in [7, 11) is 1.61. The van der Waals surface area contributed by atoms with E-state index < -0.39 is 0 Å². The molecule has 0 saturated carbocycles. The van der Waals surface area contributed by atoms with E-state index in [1.807, 2.05) is 26.0 Å². The topological polar surface area (TPSA) is 9.23 Å². The molecule has 15 heavy (non-hydrogen) atoms. The first kappa shape index (κ1) is 16.4. The van der Waals surface area contributed by atoms with Crippen molar-refractivity contribution in [2.45, 2.75) is 40.5 Å². The van der Waals surface area contributed by atoms with Gasteiger partial charge in [0.1, 0.15) is 5.76 Å². The Hall–Kier alpha value is -0.980. The van der Waals surface area contributed by atoms with Gasteiger partial charge in [0, 0.05) is 0 Å². The summed E-state index contributed by atoms with van der Waals surface area (Å²) < 4.78 is 4.90. The van der Waals surface area contributed by atoms with E-state index in [1.165, 1.54) is 6.42 Å². The molecule has 0 saturated heterocycles. The second-order valence-corrected chi connectivity index (χ2v) is 3.59. The Bertz CT molecular complexity index is 199. The zero-order valence-corrected chi connectivity index (χ0v) is 11.0. The molecule has 0 N–H and O–H groups in total. The highest BCUT2D eigenvalue weighted by Crippen LogP contribution is 2.11. The molecule has 0 aromatic carbocycles. The van der Waals surface area contributed by atoms with E-state index in [4.69, 9.17) is 4.74 Å². The minimum atomic E-state index is 0.672. The van der Waals surface area contributed by atoms with Gasteiger partial charge in [-0.05, 0) is 24.8 Å². The van der Waals surface area contributed by atoms with Crippen molar-refractivity contribution in [1.82, 2.24) is 0 Å².